The van der Waals surface area contributed by atoms with Gasteiger partial charge in [-0.05, 0) is 79.6 Å². The molecule has 1 saturated heterocycles. The van der Waals surface area contributed by atoms with E-state index in [1.54, 1.807) is 6.92 Å². The number of hydrogen-bond donors (Lipinski definition) is 1. The van der Waals surface area contributed by atoms with Gasteiger partial charge in [0.15, 0.2) is 0 Å². The molecule has 2 aromatic carbocycles. The normalized spacial score (nSPS) is 16.2. The Hall–Kier alpha value is -2.34. The third-order valence-electron chi connectivity index (χ3n) is 5.88. The molecule has 1 unspecified atom stereocenters. The lowest BCUT2D eigenvalue weighted by Gasteiger charge is -2.25. The van der Waals surface area contributed by atoms with Crippen molar-refractivity contribution in [3.63, 3.8) is 0 Å². The number of ether oxygens (including phenoxy) is 1. The van der Waals surface area contributed by atoms with Crippen LogP contribution in [0.3, 0.4) is 0 Å². The average molecular weight is 434 g/mol. The maximum Gasteiger partial charge on any atom is 0.416 e. The van der Waals surface area contributed by atoms with Crippen LogP contribution >= 0.6 is 0 Å². The van der Waals surface area contributed by atoms with Crippen LogP contribution in [-0.2, 0) is 15.7 Å². The van der Waals surface area contributed by atoms with E-state index in [2.05, 4.69) is 17.4 Å². The van der Waals surface area contributed by atoms with Crippen LogP contribution in [0.25, 0.3) is 11.1 Å². The molecule has 0 aromatic heterocycles. The molecule has 3 rings (SSSR count). The number of hydrogen-bond acceptors (Lipinski definition) is 3. The molecule has 3 nitrogen and oxygen atoms in total. The van der Waals surface area contributed by atoms with Gasteiger partial charge in [0.05, 0.1) is 18.1 Å². The molecule has 1 heterocycles. The minimum absolute atomic E-state index is 0.245. The fourth-order valence-corrected chi connectivity index (χ4v) is 4.24. The molecular weight excluding hydrogens is 403 g/mol. The minimum Gasteiger partial charge on any atom is -0.466 e. The summed E-state index contributed by atoms with van der Waals surface area (Å²) in [6.07, 6.45) is -0.879. The van der Waals surface area contributed by atoms with Crippen LogP contribution in [0, 0.1) is 0 Å². The van der Waals surface area contributed by atoms with Crippen LogP contribution in [-0.4, -0.2) is 25.7 Å². The highest BCUT2D eigenvalue weighted by atomic mass is 19.4. The van der Waals surface area contributed by atoms with Crippen molar-refractivity contribution < 1.29 is 22.7 Å². The first kappa shape index (κ1) is 23.3. The van der Waals surface area contributed by atoms with E-state index in [9.17, 15) is 18.0 Å². The smallest absolute Gasteiger partial charge is 0.416 e. The van der Waals surface area contributed by atoms with Gasteiger partial charge in [0.2, 0.25) is 0 Å². The van der Waals surface area contributed by atoms with Gasteiger partial charge in [-0.1, -0.05) is 43.7 Å². The third kappa shape index (κ3) is 5.88. The molecule has 1 atom stereocenters. The fourth-order valence-electron chi connectivity index (χ4n) is 4.24. The fraction of sp³-hybridized carbons (Fsp3) is 0.480. The minimum atomic E-state index is -4.36. The summed E-state index contributed by atoms with van der Waals surface area (Å²) >= 11 is 0. The van der Waals surface area contributed by atoms with E-state index in [4.69, 9.17) is 4.74 Å². The molecule has 168 valence electrons. The molecule has 1 aliphatic rings. The summed E-state index contributed by atoms with van der Waals surface area (Å²) in [5.74, 6) is -0.260. The Morgan fingerprint density at radius 1 is 1.06 bits per heavy atom. The number of alkyl halides is 3. The lowest BCUT2D eigenvalue weighted by atomic mass is 9.84. The van der Waals surface area contributed by atoms with E-state index in [-0.39, 0.29) is 11.9 Å². The van der Waals surface area contributed by atoms with Crippen LogP contribution in [0.1, 0.15) is 68.1 Å². The Labute approximate surface area is 182 Å². The topological polar surface area (TPSA) is 38.3 Å². The highest BCUT2D eigenvalue weighted by Crippen LogP contribution is 2.36. The summed E-state index contributed by atoms with van der Waals surface area (Å²) in [7, 11) is 0. The maximum atomic E-state index is 13.0. The molecule has 0 amide bonds. The molecule has 1 N–H and O–H groups in total. The number of nitrogens with one attached hydrogen (secondary N) is 1. The predicted molar refractivity (Wildman–Crippen MR) is 116 cm³/mol. The SMILES string of the molecule is CCCC(C(=O)OCC)c1cc(-c2ccc(C(F)(F)F)cc2)cc(C2CCNCC2)c1. The maximum absolute atomic E-state index is 13.0. The number of piperidine rings is 1. The zero-order valence-electron chi connectivity index (χ0n) is 18.1. The number of benzene rings is 2. The molecule has 0 bridgehead atoms. The average Bonchev–Trinajstić information content (AvgIpc) is 2.77. The lowest BCUT2D eigenvalue weighted by molar-refractivity contribution is -0.145. The Morgan fingerprint density at radius 3 is 2.32 bits per heavy atom. The van der Waals surface area contributed by atoms with E-state index in [1.807, 2.05) is 13.0 Å². The molecular formula is C25H30F3NO2. The summed E-state index contributed by atoms with van der Waals surface area (Å²) in [6.45, 7) is 6.00. The highest BCUT2D eigenvalue weighted by Gasteiger charge is 2.30. The summed E-state index contributed by atoms with van der Waals surface area (Å²) in [5, 5.41) is 3.36. The number of halogens is 3. The van der Waals surface area contributed by atoms with E-state index in [0.717, 1.165) is 61.2 Å². The van der Waals surface area contributed by atoms with Gasteiger partial charge in [0.25, 0.3) is 0 Å². The largest absolute Gasteiger partial charge is 0.466 e. The molecule has 0 saturated carbocycles. The Bertz CT molecular complexity index is 871. The van der Waals surface area contributed by atoms with Gasteiger partial charge in [-0.3, -0.25) is 4.79 Å². The summed E-state index contributed by atoms with van der Waals surface area (Å²) in [4.78, 5) is 12.7. The van der Waals surface area contributed by atoms with Crippen LogP contribution in [0.4, 0.5) is 13.2 Å². The number of carbonyl (C=O) groups is 1. The second kappa shape index (κ2) is 10.3. The predicted octanol–water partition coefficient (Wildman–Crippen LogP) is 6.29. The van der Waals surface area contributed by atoms with Crippen LogP contribution in [0.2, 0.25) is 0 Å². The van der Waals surface area contributed by atoms with Gasteiger partial charge in [-0.2, -0.15) is 13.2 Å². The zero-order valence-corrected chi connectivity index (χ0v) is 18.1. The van der Waals surface area contributed by atoms with Crippen molar-refractivity contribution in [2.45, 2.75) is 57.5 Å². The molecule has 2 aromatic rings. The first-order valence-corrected chi connectivity index (χ1v) is 11.0. The van der Waals surface area contributed by atoms with Crippen molar-refractivity contribution in [1.29, 1.82) is 0 Å². The monoisotopic (exact) mass is 433 g/mol. The standard InChI is InChI=1S/C25H30F3NO2/c1-3-5-23(24(30)31-4-2)21-15-19(14-20(16-21)18-10-12-29-13-11-18)17-6-8-22(9-7-17)25(26,27)28/h6-9,14-16,18,23,29H,3-5,10-13H2,1-2H3. The van der Waals surface area contributed by atoms with Gasteiger partial charge in [-0.15, -0.1) is 0 Å². The number of rotatable bonds is 7. The summed E-state index contributed by atoms with van der Waals surface area (Å²) in [6, 6.07) is 11.3. The second-order valence-electron chi connectivity index (χ2n) is 8.08. The van der Waals surface area contributed by atoms with Gasteiger partial charge in [0.1, 0.15) is 0 Å². The Kier molecular flexibility index (Phi) is 7.76. The van der Waals surface area contributed by atoms with E-state index < -0.39 is 11.7 Å². The first-order valence-electron chi connectivity index (χ1n) is 11.0. The molecule has 0 radical (unpaired) electrons. The third-order valence-corrected chi connectivity index (χ3v) is 5.88. The van der Waals surface area contributed by atoms with Gasteiger partial charge in [-0.25, -0.2) is 0 Å². The van der Waals surface area contributed by atoms with Crippen molar-refractivity contribution in [3.05, 3.63) is 59.2 Å². The van der Waals surface area contributed by atoms with Crippen LogP contribution < -0.4 is 5.32 Å². The van der Waals surface area contributed by atoms with Crippen LogP contribution in [0.15, 0.2) is 42.5 Å². The summed E-state index contributed by atoms with van der Waals surface area (Å²) in [5.41, 5.74) is 2.90. The van der Waals surface area contributed by atoms with Crippen LogP contribution in [0.5, 0.6) is 0 Å². The molecule has 6 heteroatoms. The number of esters is 1. The number of carbonyl (C=O) groups excluding carboxylic acids is 1. The van der Waals surface area contributed by atoms with Crippen molar-refractivity contribution in [1.82, 2.24) is 5.32 Å². The highest BCUT2D eigenvalue weighted by molar-refractivity contribution is 5.79. The Morgan fingerprint density at radius 2 is 1.74 bits per heavy atom. The van der Waals surface area contributed by atoms with E-state index in [1.165, 1.54) is 12.1 Å². The lowest BCUT2D eigenvalue weighted by Crippen LogP contribution is -2.26. The van der Waals surface area contributed by atoms with Gasteiger partial charge in [0, 0.05) is 0 Å². The van der Waals surface area contributed by atoms with Gasteiger partial charge >= 0.3 is 12.1 Å². The Balaban J connectivity index is 2.05. The quantitative estimate of drug-likeness (QED) is 0.522. The molecule has 1 fully saturated rings. The molecule has 0 aliphatic carbocycles. The zero-order chi connectivity index (χ0) is 22.4. The van der Waals surface area contributed by atoms with Crippen molar-refractivity contribution in [2.75, 3.05) is 19.7 Å². The van der Waals surface area contributed by atoms with Crippen molar-refractivity contribution in [3.8, 4) is 11.1 Å². The van der Waals surface area contributed by atoms with Crippen molar-refractivity contribution in [2.24, 2.45) is 0 Å². The first-order chi connectivity index (χ1) is 14.8. The summed E-state index contributed by atoms with van der Waals surface area (Å²) < 4.78 is 44.3. The molecule has 1 aliphatic heterocycles. The second-order valence-corrected chi connectivity index (χ2v) is 8.08. The van der Waals surface area contributed by atoms with Crippen molar-refractivity contribution >= 4 is 5.97 Å². The van der Waals surface area contributed by atoms with E-state index in [0.29, 0.717) is 24.5 Å². The van der Waals surface area contributed by atoms with E-state index >= 15 is 0 Å². The molecule has 31 heavy (non-hydrogen) atoms. The molecule has 0 spiro atoms. The van der Waals surface area contributed by atoms with Gasteiger partial charge < -0.3 is 10.1 Å².